The molecule has 2 fully saturated rings. The summed E-state index contributed by atoms with van der Waals surface area (Å²) in [6.07, 6.45) is 5.35. The molecule has 8 heteroatoms. The molecule has 0 N–H and O–H groups in total. The zero-order valence-corrected chi connectivity index (χ0v) is 19.1. The number of hydrogen-bond acceptors (Lipinski definition) is 4. The van der Waals surface area contributed by atoms with Crippen LogP contribution in [0.25, 0.3) is 11.0 Å². The Morgan fingerprint density at radius 1 is 1.30 bits per heavy atom. The third kappa shape index (κ3) is 3.73. The SMILES string of the molecule is CCC12CC1CN(c1nc(Cl)nc3c1c(Cl)cn3CCOC[Si](C)(C)C)C2. The van der Waals surface area contributed by atoms with Gasteiger partial charge >= 0.3 is 0 Å². The van der Waals surface area contributed by atoms with Gasteiger partial charge in [-0.25, -0.2) is 0 Å². The Bertz CT molecular complexity index is 861. The van der Waals surface area contributed by atoms with E-state index in [1.807, 2.05) is 10.8 Å². The van der Waals surface area contributed by atoms with Gasteiger partial charge < -0.3 is 14.2 Å². The smallest absolute Gasteiger partial charge is 0.226 e. The highest BCUT2D eigenvalue weighted by atomic mass is 35.5. The van der Waals surface area contributed by atoms with Crippen LogP contribution >= 0.6 is 23.2 Å². The molecule has 1 saturated carbocycles. The molecule has 3 heterocycles. The summed E-state index contributed by atoms with van der Waals surface area (Å²) in [5.41, 5.74) is 1.28. The molecule has 2 aliphatic rings. The lowest BCUT2D eigenvalue weighted by molar-refractivity contribution is 0.164. The van der Waals surface area contributed by atoms with Crippen molar-refractivity contribution in [3.63, 3.8) is 0 Å². The number of fused-ring (bicyclic) bond motifs is 2. The Balaban J connectivity index is 1.58. The molecule has 1 aliphatic heterocycles. The Hall–Kier alpha value is -0.823. The summed E-state index contributed by atoms with van der Waals surface area (Å²) in [6.45, 7) is 12.6. The fraction of sp³-hybridized carbons (Fsp3) is 0.684. The first kappa shape index (κ1) is 19.5. The molecule has 0 bridgehead atoms. The Labute approximate surface area is 172 Å². The fourth-order valence-electron chi connectivity index (χ4n) is 4.34. The van der Waals surface area contributed by atoms with Gasteiger partial charge in [-0.2, -0.15) is 9.97 Å². The first-order chi connectivity index (χ1) is 12.7. The minimum absolute atomic E-state index is 0.280. The molecule has 0 radical (unpaired) electrons. The molecule has 2 atom stereocenters. The Kier molecular flexibility index (Phi) is 4.98. The van der Waals surface area contributed by atoms with Gasteiger partial charge in [-0.05, 0) is 35.8 Å². The van der Waals surface area contributed by atoms with Crippen LogP contribution in [0.2, 0.25) is 29.9 Å². The molecule has 4 rings (SSSR count). The molecule has 5 nitrogen and oxygen atoms in total. The van der Waals surface area contributed by atoms with Crippen molar-refractivity contribution in [3.05, 3.63) is 16.5 Å². The second kappa shape index (κ2) is 6.90. The maximum Gasteiger partial charge on any atom is 0.226 e. The van der Waals surface area contributed by atoms with Crippen molar-refractivity contribution in [3.8, 4) is 0 Å². The largest absolute Gasteiger partial charge is 0.383 e. The van der Waals surface area contributed by atoms with Crippen LogP contribution in [-0.2, 0) is 11.3 Å². The van der Waals surface area contributed by atoms with Gasteiger partial charge in [-0.15, -0.1) is 0 Å². The average molecular weight is 427 g/mol. The molecular formula is C19H28Cl2N4OSi. The van der Waals surface area contributed by atoms with Crippen LogP contribution in [0.4, 0.5) is 5.82 Å². The van der Waals surface area contributed by atoms with Gasteiger partial charge in [0.15, 0.2) is 0 Å². The van der Waals surface area contributed by atoms with E-state index < -0.39 is 8.07 Å². The maximum absolute atomic E-state index is 6.61. The van der Waals surface area contributed by atoms with Gasteiger partial charge in [0.1, 0.15) is 11.5 Å². The summed E-state index contributed by atoms with van der Waals surface area (Å²) in [7, 11) is -1.20. The molecule has 1 saturated heterocycles. The highest BCUT2D eigenvalue weighted by Gasteiger charge is 2.58. The monoisotopic (exact) mass is 426 g/mol. The highest BCUT2D eigenvalue weighted by molar-refractivity contribution is 6.76. The fourth-order valence-corrected chi connectivity index (χ4v) is 5.54. The first-order valence-corrected chi connectivity index (χ1v) is 14.2. The van der Waals surface area contributed by atoms with Gasteiger partial charge in [0.05, 0.1) is 25.1 Å². The molecule has 2 aromatic rings. The van der Waals surface area contributed by atoms with Gasteiger partial charge in [0.2, 0.25) is 5.28 Å². The number of halogens is 2. The molecular weight excluding hydrogens is 399 g/mol. The average Bonchev–Trinajstić information content (AvgIpc) is 3.00. The number of rotatable bonds is 7. The Morgan fingerprint density at radius 3 is 2.74 bits per heavy atom. The summed E-state index contributed by atoms with van der Waals surface area (Å²) in [5, 5.41) is 1.88. The van der Waals surface area contributed by atoms with Gasteiger partial charge in [0, 0.05) is 32.1 Å². The van der Waals surface area contributed by atoms with Crippen molar-refractivity contribution in [1.82, 2.24) is 14.5 Å². The minimum Gasteiger partial charge on any atom is -0.383 e. The predicted molar refractivity (Wildman–Crippen MR) is 115 cm³/mol. The van der Waals surface area contributed by atoms with E-state index in [-0.39, 0.29) is 5.28 Å². The standard InChI is InChI=1S/C19H28Cl2N4OSi/c1-5-19-8-13(19)9-25(11-19)17-15-14(20)10-24(16(15)22-18(21)23-17)6-7-26-12-27(2,3)4/h10,13H,5-9,11-12H2,1-4H3. The molecule has 1 aliphatic carbocycles. The number of anilines is 1. The molecule has 2 aromatic heterocycles. The predicted octanol–water partition coefficient (Wildman–Crippen LogP) is 4.87. The summed E-state index contributed by atoms with van der Waals surface area (Å²) < 4.78 is 7.93. The van der Waals surface area contributed by atoms with E-state index in [4.69, 9.17) is 27.9 Å². The van der Waals surface area contributed by atoms with Crippen molar-refractivity contribution in [2.45, 2.75) is 46.0 Å². The van der Waals surface area contributed by atoms with E-state index in [0.29, 0.717) is 23.6 Å². The van der Waals surface area contributed by atoms with Crippen molar-refractivity contribution < 1.29 is 4.74 Å². The zero-order chi connectivity index (χ0) is 19.4. The highest BCUT2D eigenvalue weighted by Crippen LogP contribution is 2.60. The normalized spacial score (nSPS) is 24.7. The molecule has 2 unspecified atom stereocenters. The van der Waals surface area contributed by atoms with E-state index in [0.717, 1.165) is 42.1 Å². The van der Waals surface area contributed by atoms with E-state index in [2.05, 4.69) is 41.4 Å². The van der Waals surface area contributed by atoms with Crippen LogP contribution in [0.15, 0.2) is 6.20 Å². The van der Waals surface area contributed by atoms with Crippen molar-refractivity contribution >= 4 is 48.1 Å². The van der Waals surface area contributed by atoms with Gasteiger partial charge in [-0.1, -0.05) is 38.2 Å². The van der Waals surface area contributed by atoms with E-state index >= 15 is 0 Å². The van der Waals surface area contributed by atoms with Gasteiger partial charge in [0.25, 0.3) is 0 Å². The van der Waals surface area contributed by atoms with Crippen molar-refractivity contribution in [1.29, 1.82) is 0 Å². The molecule has 27 heavy (non-hydrogen) atoms. The number of ether oxygens (including phenoxy) is 1. The lowest BCUT2D eigenvalue weighted by Gasteiger charge is -2.22. The number of piperidine rings is 1. The number of hydrogen-bond donors (Lipinski definition) is 0. The summed E-state index contributed by atoms with van der Waals surface area (Å²) in [4.78, 5) is 11.4. The number of nitrogens with zero attached hydrogens (tertiary/aromatic N) is 4. The number of aromatic nitrogens is 3. The lowest BCUT2D eigenvalue weighted by Crippen LogP contribution is -2.29. The maximum atomic E-state index is 6.61. The molecule has 148 valence electrons. The van der Waals surface area contributed by atoms with Crippen molar-refractivity contribution in [2.24, 2.45) is 11.3 Å². The van der Waals surface area contributed by atoms with Crippen LogP contribution in [0.1, 0.15) is 19.8 Å². The third-order valence-corrected chi connectivity index (χ3v) is 7.47. The topological polar surface area (TPSA) is 43.2 Å². The van der Waals surface area contributed by atoms with E-state index in [9.17, 15) is 0 Å². The van der Waals surface area contributed by atoms with Crippen LogP contribution in [0.5, 0.6) is 0 Å². The quantitative estimate of drug-likeness (QED) is 0.359. The van der Waals surface area contributed by atoms with Crippen molar-refractivity contribution in [2.75, 3.05) is 30.8 Å². The summed E-state index contributed by atoms with van der Waals surface area (Å²) >= 11 is 12.9. The Morgan fingerprint density at radius 2 is 2.07 bits per heavy atom. The first-order valence-electron chi connectivity index (χ1n) is 9.77. The lowest BCUT2D eigenvalue weighted by atomic mass is 10.0. The van der Waals surface area contributed by atoms with Crippen LogP contribution < -0.4 is 4.90 Å². The van der Waals surface area contributed by atoms with Crippen LogP contribution in [-0.4, -0.2) is 48.5 Å². The molecule has 0 aromatic carbocycles. The van der Waals surface area contributed by atoms with Gasteiger partial charge in [-0.3, -0.25) is 0 Å². The third-order valence-electron chi connectivity index (χ3n) is 5.94. The second-order valence-electron chi connectivity index (χ2n) is 9.30. The second-order valence-corrected chi connectivity index (χ2v) is 15.5. The summed E-state index contributed by atoms with van der Waals surface area (Å²) in [6, 6.07) is 0. The summed E-state index contributed by atoms with van der Waals surface area (Å²) in [5.74, 6) is 1.67. The van der Waals surface area contributed by atoms with Crippen LogP contribution in [0.3, 0.4) is 0 Å². The van der Waals surface area contributed by atoms with E-state index in [1.165, 1.54) is 12.8 Å². The minimum atomic E-state index is -1.20. The van der Waals surface area contributed by atoms with Crippen LogP contribution in [0, 0.1) is 11.3 Å². The molecule has 0 amide bonds. The zero-order valence-electron chi connectivity index (χ0n) is 16.6. The van der Waals surface area contributed by atoms with E-state index in [1.54, 1.807) is 0 Å². The molecule has 0 spiro atoms.